The van der Waals surface area contributed by atoms with Gasteiger partial charge in [0, 0.05) is 36.9 Å². The van der Waals surface area contributed by atoms with Gasteiger partial charge in [0.25, 0.3) is 0 Å². The second-order valence-corrected chi connectivity index (χ2v) is 6.71. The first-order chi connectivity index (χ1) is 11.5. The normalized spacial score (nSPS) is 11.8. The number of pyridine rings is 2. The minimum absolute atomic E-state index is 0.216. The molecule has 2 aromatic heterocycles. The third-order valence-corrected chi connectivity index (χ3v) is 4.53. The molecule has 1 aromatic carbocycles. The average molecular weight is 320 g/mol. The van der Waals surface area contributed by atoms with Crippen molar-refractivity contribution in [1.82, 2.24) is 9.97 Å². The Kier molecular flexibility index (Phi) is 4.63. The Hall–Kier alpha value is -2.26. The van der Waals surface area contributed by atoms with Crippen LogP contribution in [0.4, 0.5) is 0 Å². The van der Waals surface area contributed by atoms with Crippen molar-refractivity contribution in [3.05, 3.63) is 59.9 Å². The number of hydrogen-bond donors (Lipinski definition) is 0. The molecule has 3 rings (SSSR count). The van der Waals surface area contributed by atoms with E-state index in [0.29, 0.717) is 0 Å². The Morgan fingerprint density at radius 1 is 1.04 bits per heavy atom. The van der Waals surface area contributed by atoms with E-state index in [0.717, 1.165) is 29.6 Å². The molecule has 0 fully saturated rings. The van der Waals surface area contributed by atoms with Crippen molar-refractivity contribution in [1.29, 1.82) is 0 Å². The summed E-state index contributed by atoms with van der Waals surface area (Å²) in [5.74, 6) is 0. The van der Waals surface area contributed by atoms with Gasteiger partial charge < -0.3 is 4.74 Å². The predicted octanol–water partition coefficient (Wildman–Crippen LogP) is 4.83. The van der Waals surface area contributed by atoms with Crippen molar-refractivity contribution in [3.63, 3.8) is 0 Å². The molecule has 0 aliphatic heterocycles. The number of methoxy groups -OCH3 is 1. The molecule has 3 heteroatoms. The van der Waals surface area contributed by atoms with Crippen molar-refractivity contribution in [2.24, 2.45) is 0 Å². The standard InChI is InChI=1S/C21H24N2O/c1-5-15-7-6-8-18-17(14-21(2,3)24-4)13-19(23-20(15)18)16-9-11-22-12-10-16/h6-13H,5,14H2,1-4H3. The largest absolute Gasteiger partial charge is 0.378 e. The molecule has 0 saturated heterocycles. The lowest BCUT2D eigenvalue weighted by Gasteiger charge is -2.24. The van der Waals surface area contributed by atoms with E-state index in [4.69, 9.17) is 9.72 Å². The molecule has 0 saturated carbocycles. The number of aromatic nitrogens is 2. The number of fused-ring (bicyclic) bond motifs is 1. The van der Waals surface area contributed by atoms with Gasteiger partial charge in [-0.3, -0.25) is 4.98 Å². The summed E-state index contributed by atoms with van der Waals surface area (Å²) in [6.07, 6.45) is 5.43. The quantitative estimate of drug-likeness (QED) is 0.675. The summed E-state index contributed by atoms with van der Waals surface area (Å²) in [6, 6.07) is 12.7. The van der Waals surface area contributed by atoms with Crippen LogP contribution < -0.4 is 0 Å². The summed E-state index contributed by atoms with van der Waals surface area (Å²) >= 11 is 0. The smallest absolute Gasteiger partial charge is 0.0744 e. The van der Waals surface area contributed by atoms with E-state index < -0.39 is 0 Å². The fraction of sp³-hybridized carbons (Fsp3) is 0.333. The van der Waals surface area contributed by atoms with Crippen LogP contribution in [0, 0.1) is 0 Å². The van der Waals surface area contributed by atoms with Gasteiger partial charge in [-0.15, -0.1) is 0 Å². The summed E-state index contributed by atoms with van der Waals surface area (Å²) in [4.78, 5) is 9.08. The maximum Gasteiger partial charge on any atom is 0.0744 e. The van der Waals surface area contributed by atoms with Crippen LogP contribution in [-0.2, 0) is 17.6 Å². The Labute approximate surface area is 143 Å². The van der Waals surface area contributed by atoms with E-state index in [1.54, 1.807) is 7.11 Å². The van der Waals surface area contributed by atoms with Crippen LogP contribution in [0.25, 0.3) is 22.2 Å². The zero-order valence-corrected chi connectivity index (χ0v) is 14.8. The van der Waals surface area contributed by atoms with Crippen LogP contribution in [0.3, 0.4) is 0 Å². The van der Waals surface area contributed by atoms with E-state index >= 15 is 0 Å². The highest BCUT2D eigenvalue weighted by molar-refractivity contribution is 5.87. The second-order valence-electron chi connectivity index (χ2n) is 6.71. The molecular weight excluding hydrogens is 296 g/mol. The fourth-order valence-corrected chi connectivity index (χ4v) is 3.01. The van der Waals surface area contributed by atoms with Gasteiger partial charge in [-0.1, -0.05) is 25.1 Å². The first kappa shape index (κ1) is 16.6. The molecule has 0 atom stereocenters. The van der Waals surface area contributed by atoms with E-state index in [1.807, 2.05) is 24.5 Å². The first-order valence-electron chi connectivity index (χ1n) is 8.41. The highest BCUT2D eigenvalue weighted by atomic mass is 16.5. The van der Waals surface area contributed by atoms with Crippen molar-refractivity contribution >= 4 is 10.9 Å². The fourth-order valence-electron chi connectivity index (χ4n) is 3.01. The van der Waals surface area contributed by atoms with Crippen LogP contribution >= 0.6 is 0 Å². The van der Waals surface area contributed by atoms with Crippen molar-refractivity contribution in [3.8, 4) is 11.3 Å². The van der Waals surface area contributed by atoms with Gasteiger partial charge >= 0.3 is 0 Å². The number of ether oxygens (including phenoxy) is 1. The van der Waals surface area contributed by atoms with E-state index in [1.165, 1.54) is 16.5 Å². The van der Waals surface area contributed by atoms with Crippen LogP contribution in [0.1, 0.15) is 31.9 Å². The molecule has 2 heterocycles. The molecule has 0 aliphatic rings. The highest BCUT2D eigenvalue weighted by Crippen LogP contribution is 2.29. The van der Waals surface area contributed by atoms with Crippen molar-refractivity contribution in [2.45, 2.75) is 39.2 Å². The SMILES string of the molecule is CCc1cccc2c(CC(C)(C)OC)cc(-c3ccncc3)nc12. The van der Waals surface area contributed by atoms with Gasteiger partial charge in [-0.2, -0.15) is 0 Å². The van der Waals surface area contributed by atoms with Gasteiger partial charge in [0.2, 0.25) is 0 Å². The third kappa shape index (κ3) is 3.31. The number of aryl methyl sites for hydroxylation is 1. The van der Waals surface area contributed by atoms with Crippen LogP contribution in [-0.4, -0.2) is 22.7 Å². The molecule has 3 aromatic rings. The maximum atomic E-state index is 5.66. The number of hydrogen-bond acceptors (Lipinski definition) is 3. The van der Waals surface area contributed by atoms with Gasteiger partial charge in [0.05, 0.1) is 16.8 Å². The molecule has 3 nitrogen and oxygen atoms in total. The molecule has 0 amide bonds. The third-order valence-electron chi connectivity index (χ3n) is 4.53. The summed E-state index contributed by atoms with van der Waals surface area (Å²) in [7, 11) is 1.77. The molecule has 0 N–H and O–H groups in total. The molecule has 0 radical (unpaired) electrons. The Balaban J connectivity index is 2.24. The van der Waals surface area contributed by atoms with Crippen LogP contribution in [0.5, 0.6) is 0 Å². The molecule has 0 bridgehead atoms. The van der Waals surface area contributed by atoms with Gasteiger partial charge in [-0.05, 0) is 49.6 Å². The lowest BCUT2D eigenvalue weighted by Crippen LogP contribution is -2.25. The van der Waals surface area contributed by atoms with E-state index in [-0.39, 0.29) is 5.60 Å². The van der Waals surface area contributed by atoms with Crippen LogP contribution in [0.2, 0.25) is 0 Å². The monoisotopic (exact) mass is 320 g/mol. The molecular formula is C21H24N2O. The minimum Gasteiger partial charge on any atom is -0.378 e. The lowest BCUT2D eigenvalue weighted by atomic mass is 9.93. The van der Waals surface area contributed by atoms with E-state index in [2.05, 4.69) is 50.0 Å². The molecule has 0 unspecified atom stereocenters. The first-order valence-corrected chi connectivity index (χ1v) is 8.41. The van der Waals surface area contributed by atoms with Crippen LogP contribution in [0.15, 0.2) is 48.8 Å². The summed E-state index contributed by atoms with van der Waals surface area (Å²) in [5, 5.41) is 1.22. The average Bonchev–Trinajstić information content (AvgIpc) is 2.61. The van der Waals surface area contributed by atoms with E-state index in [9.17, 15) is 0 Å². The van der Waals surface area contributed by atoms with Crippen molar-refractivity contribution < 1.29 is 4.74 Å². The highest BCUT2D eigenvalue weighted by Gasteiger charge is 2.20. The maximum absolute atomic E-state index is 5.66. The van der Waals surface area contributed by atoms with Gasteiger partial charge in [0.1, 0.15) is 0 Å². The van der Waals surface area contributed by atoms with Gasteiger partial charge in [-0.25, -0.2) is 4.98 Å². The number of rotatable bonds is 5. The molecule has 0 spiro atoms. The molecule has 124 valence electrons. The minimum atomic E-state index is -0.216. The zero-order valence-electron chi connectivity index (χ0n) is 14.8. The number of para-hydroxylation sites is 1. The molecule has 0 aliphatic carbocycles. The Bertz CT molecular complexity index is 841. The summed E-state index contributed by atoms with van der Waals surface area (Å²) < 4.78 is 5.66. The Morgan fingerprint density at radius 2 is 1.79 bits per heavy atom. The van der Waals surface area contributed by atoms with Gasteiger partial charge in [0.15, 0.2) is 0 Å². The van der Waals surface area contributed by atoms with Crippen molar-refractivity contribution in [2.75, 3.05) is 7.11 Å². The number of benzene rings is 1. The zero-order chi connectivity index (χ0) is 17.2. The summed E-state index contributed by atoms with van der Waals surface area (Å²) in [5.41, 5.74) is 5.51. The molecule has 24 heavy (non-hydrogen) atoms. The topological polar surface area (TPSA) is 35.0 Å². The summed E-state index contributed by atoms with van der Waals surface area (Å²) in [6.45, 7) is 6.42. The predicted molar refractivity (Wildman–Crippen MR) is 99.1 cm³/mol. The number of nitrogens with zero attached hydrogens (tertiary/aromatic N) is 2. The second kappa shape index (κ2) is 6.70. The Morgan fingerprint density at radius 3 is 2.46 bits per heavy atom. The lowest BCUT2D eigenvalue weighted by molar-refractivity contribution is 0.0235.